The second kappa shape index (κ2) is 5.57. The maximum absolute atomic E-state index is 10.0. The van der Waals surface area contributed by atoms with Crippen LogP contribution in [-0.4, -0.2) is 36.8 Å². The van der Waals surface area contributed by atoms with Crippen molar-refractivity contribution in [3.63, 3.8) is 0 Å². The smallest absolute Gasteiger partial charge is 0.381 e. The van der Waals surface area contributed by atoms with E-state index >= 15 is 0 Å². The Bertz CT molecular complexity index is 224. The van der Waals surface area contributed by atoms with E-state index in [0.29, 0.717) is 12.6 Å². The summed E-state index contributed by atoms with van der Waals surface area (Å²) in [6.45, 7) is 2.53. The standard InChI is InChI=1S/C9H14N2O2/c12-9(13)2-1-5-11-8-3-6-10-7-4-8/h8,10-11H,3-7H2,(H,12,13). The van der Waals surface area contributed by atoms with Crippen molar-refractivity contribution in [2.45, 2.75) is 18.9 Å². The normalized spacial score (nSPS) is 17.5. The lowest BCUT2D eigenvalue weighted by Crippen LogP contribution is -2.40. The Morgan fingerprint density at radius 2 is 2.23 bits per heavy atom. The lowest BCUT2D eigenvalue weighted by atomic mass is 10.1. The van der Waals surface area contributed by atoms with Crippen molar-refractivity contribution in [1.29, 1.82) is 0 Å². The van der Waals surface area contributed by atoms with Crippen LogP contribution in [0.3, 0.4) is 0 Å². The number of carboxylic acids is 1. The summed E-state index contributed by atoms with van der Waals surface area (Å²) < 4.78 is 0. The number of hydrogen-bond donors (Lipinski definition) is 3. The van der Waals surface area contributed by atoms with E-state index in [4.69, 9.17) is 5.11 Å². The first-order chi connectivity index (χ1) is 6.29. The van der Waals surface area contributed by atoms with Gasteiger partial charge in [0.2, 0.25) is 0 Å². The second-order valence-corrected chi connectivity index (χ2v) is 3.01. The highest BCUT2D eigenvalue weighted by Crippen LogP contribution is 2.00. The van der Waals surface area contributed by atoms with Gasteiger partial charge in [0.25, 0.3) is 0 Å². The Morgan fingerprint density at radius 3 is 2.85 bits per heavy atom. The van der Waals surface area contributed by atoms with Crippen LogP contribution in [0.2, 0.25) is 0 Å². The van der Waals surface area contributed by atoms with E-state index < -0.39 is 5.97 Å². The fourth-order valence-corrected chi connectivity index (χ4v) is 1.34. The van der Waals surface area contributed by atoms with E-state index in [2.05, 4.69) is 22.5 Å². The quantitative estimate of drug-likeness (QED) is 0.500. The number of piperidine rings is 1. The summed E-state index contributed by atoms with van der Waals surface area (Å²) in [6, 6.07) is 0.490. The monoisotopic (exact) mass is 182 g/mol. The minimum absolute atomic E-state index is 0.469. The number of nitrogens with one attached hydrogen (secondary N) is 2. The van der Waals surface area contributed by atoms with Crippen LogP contribution in [0, 0.1) is 11.8 Å². The summed E-state index contributed by atoms with van der Waals surface area (Å²) in [7, 11) is 0. The first kappa shape index (κ1) is 10.0. The van der Waals surface area contributed by atoms with Gasteiger partial charge >= 0.3 is 5.97 Å². The third kappa shape index (κ3) is 4.51. The molecule has 0 aromatic carbocycles. The average molecular weight is 182 g/mol. The van der Waals surface area contributed by atoms with Gasteiger partial charge in [0.15, 0.2) is 0 Å². The topological polar surface area (TPSA) is 61.4 Å². The molecule has 1 fully saturated rings. The average Bonchev–Trinajstić information content (AvgIpc) is 2.14. The van der Waals surface area contributed by atoms with Gasteiger partial charge in [-0.1, -0.05) is 5.92 Å². The number of carboxylic acid groups (broad SMARTS) is 1. The molecule has 0 aliphatic carbocycles. The molecule has 72 valence electrons. The molecule has 4 heteroatoms. The molecule has 1 rings (SSSR count). The Hall–Kier alpha value is -1.05. The highest BCUT2D eigenvalue weighted by molar-refractivity contribution is 5.86. The predicted octanol–water partition coefficient (Wildman–Crippen LogP) is -0.584. The van der Waals surface area contributed by atoms with Crippen LogP contribution < -0.4 is 10.6 Å². The van der Waals surface area contributed by atoms with Gasteiger partial charge in [-0.15, -0.1) is 0 Å². The van der Waals surface area contributed by atoms with Crippen molar-refractivity contribution in [3.8, 4) is 11.8 Å². The minimum Gasteiger partial charge on any atom is -0.472 e. The van der Waals surface area contributed by atoms with E-state index in [0.717, 1.165) is 25.9 Å². The molecule has 0 bridgehead atoms. The first-order valence-corrected chi connectivity index (χ1v) is 4.45. The van der Waals surface area contributed by atoms with Crippen LogP contribution in [0.1, 0.15) is 12.8 Å². The van der Waals surface area contributed by atoms with Gasteiger partial charge in [0.1, 0.15) is 0 Å². The lowest BCUT2D eigenvalue weighted by Gasteiger charge is -2.22. The molecular formula is C9H14N2O2. The van der Waals surface area contributed by atoms with E-state index in [1.807, 2.05) is 0 Å². The summed E-state index contributed by atoms with van der Waals surface area (Å²) in [5.74, 6) is 3.56. The van der Waals surface area contributed by atoms with Gasteiger partial charge in [0, 0.05) is 12.0 Å². The number of carbonyl (C=O) groups is 1. The molecule has 0 aromatic heterocycles. The fourth-order valence-electron chi connectivity index (χ4n) is 1.34. The first-order valence-electron chi connectivity index (χ1n) is 4.45. The molecule has 13 heavy (non-hydrogen) atoms. The van der Waals surface area contributed by atoms with Crippen LogP contribution in [0.25, 0.3) is 0 Å². The zero-order valence-corrected chi connectivity index (χ0v) is 7.47. The van der Waals surface area contributed by atoms with Gasteiger partial charge in [-0.05, 0) is 25.9 Å². The van der Waals surface area contributed by atoms with Crippen molar-refractivity contribution >= 4 is 5.97 Å². The molecule has 0 amide bonds. The van der Waals surface area contributed by atoms with Gasteiger partial charge in [-0.25, -0.2) is 4.79 Å². The largest absolute Gasteiger partial charge is 0.472 e. The molecular weight excluding hydrogens is 168 g/mol. The van der Waals surface area contributed by atoms with Crippen molar-refractivity contribution < 1.29 is 9.90 Å². The van der Waals surface area contributed by atoms with Crippen LogP contribution in [0.15, 0.2) is 0 Å². The maximum Gasteiger partial charge on any atom is 0.381 e. The molecule has 0 saturated carbocycles. The Morgan fingerprint density at radius 1 is 1.54 bits per heavy atom. The van der Waals surface area contributed by atoms with Gasteiger partial charge < -0.3 is 15.7 Å². The Labute approximate surface area is 77.7 Å². The molecule has 3 N–H and O–H groups in total. The predicted molar refractivity (Wildman–Crippen MR) is 49.3 cm³/mol. The van der Waals surface area contributed by atoms with Gasteiger partial charge in [-0.2, -0.15) is 0 Å². The molecule has 0 radical (unpaired) electrons. The third-order valence-corrected chi connectivity index (χ3v) is 2.01. The molecule has 0 spiro atoms. The highest BCUT2D eigenvalue weighted by Gasteiger charge is 2.10. The highest BCUT2D eigenvalue weighted by atomic mass is 16.4. The molecule has 4 nitrogen and oxygen atoms in total. The summed E-state index contributed by atoms with van der Waals surface area (Å²) in [6.07, 6.45) is 2.18. The van der Waals surface area contributed by atoms with Crippen molar-refractivity contribution in [2.75, 3.05) is 19.6 Å². The van der Waals surface area contributed by atoms with E-state index in [1.54, 1.807) is 0 Å². The maximum atomic E-state index is 10.0. The molecule has 0 aromatic rings. The zero-order valence-electron chi connectivity index (χ0n) is 7.47. The lowest BCUT2D eigenvalue weighted by molar-refractivity contribution is -0.130. The van der Waals surface area contributed by atoms with Crippen molar-refractivity contribution in [3.05, 3.63) is 0 Å². The second-order valence-electron chi connectivity index (χ2n) is 3.01. The van der Waals surface area contributed by atoms with Crippen molar-refractivity contribution in [2.24, 2.45) is 0 Å². The zero-order chi connectivity index (χ0) is 9.52. The molecule has 0 unspecified atom stereocenters. The van der Waals surface area contributed by atoms with Crippen LogP contribution in [-0.2, 0) is 4.79 Å². The summed E-state index contributed by atoms with van der Waals surface area (Å²) in [5, 5.41) is 14.7. The fraction of sp³-hybridized carbons (Fsp3) is 0.667. The number of hydrogen-bond acceptors (Lipinski definition) is 3. The minimum atomic E-state index is -1.06. The summed E-state index contributed by atoms with van der Waals surface area (Å²) in [4.78, 5) is 10.0. The molecule has 1 aliphatic rings. The molecule has 0 atom stereocenters. The molecule has 1 aliphatic heterocycles. The number of aliphatic carboxylic acids is 1. The van der Waals surface area contributed by atoms with Gasteiger partial charge in [0.05, 0.1) is 6.54 Å². The molecule has 1 heterocycles. The SMILES string of the molecule is O=C(O)C#CCNC1CCNCC1. The van der Waals surface area contributed by atoms with Crippen LogP contribution in [0.4, 0.5) is 0 Å². The van der Waals surface area contributed by atoms with Crippen molar-refractivity contribution in [1.82, 2.24) is 10.6 Å². The van der Waals surface area contributed by atoms with E-state index in [9.17, 15) is 4.79 Å². The third-order valence-electron chi connectivity index (χ3n) is 2.01. The molecule has 1 saturated heterocycles. The number of rotatable bonds is 2. The van der Waals surface area contributed by atoms with Crippen LogP contribution >= 0.6 is 0 Å². The van der Waals surface area contributed by atoms with Gasteiger partial charge in [-0.3, -0.25) is 0 Å². The summed E-state index contributed by atoms with van der Waals surface area (Å²) >= 11 is 0. The van der Waals surface area contributed by atoms with E-state index in [-0.39, 0.29) is 0 Å². The Kier molecular flexibility index (Phi) is 4.30. The Balaban J connectivity index is 2.12. The van der Waals surface area contributed by atoms with E-state index in [1.165, 1.54) is 0 Å². The summed E-state index contributed by atoms with van der Waals surface area (Å²) in [5.41, 5.74) is 0. The van der Waals surface area contributed by atoms with Crippen LogP contribution in [0.5, 0.6) is 0 Å².